The number of carbonyl (C=O) groups is 1. The number of carbonyl (C=O) groups excluding carboxylic acids is 1. The second-order valence-electron chi connectivity index (χ2n) is 7.64. The molecule has 2 heterocycles. The molecule has 0 saturated heterocycles. The Kier molecular flexibility index (Phi) is 5.23. The molecule has 0 bridgehead atoms. The van der Waals surface area contributed by atoms with Crippen LogP contribution in [0.5, 0.6) is 11.5 Å². The van der Waals surface area contributed by atoms with Crippen molar-refractivity contribution in [1.82, 2.24) is 5.01 Å². The van der Waals surface area contributed by atoms with Gasteiger partial charge >= 0.3 is 5.97 Å². The Balaban J connectivity index is 1.54. The third kappa shape index (κ3) is 3.56. The standard InChI is InChI=1S/C25H21ClN2O4/c1-30-19-10-7-15(8-11-19)21-14-22-20-13-18(26)9-12-23(20)32-24(28(22)27-21)16-3-5-17(6-4-16)25(29)31-2/h3-13,22,24H,14H2,1-2H3. The zero-order chi connectivity index (χ0) is 22.2. The van der Waals surface area contributed by atoms with Crippen LogP contribution in [-0.2, 0) is 4.74 Å². The lowest BCUT2D eigenvalue weighted by atomic mass is 9.95. The maximum atomic E-state index is 11.8. The summed E-state index contributed by atoms with van der Waals surface area (Å²) in [7, 11) is 3.02. The highest BCUT2D eigenvalue weighted by Crippen LogP contribution is 2.48. The zero-order valence-electron chi connectivity index (χ0n) is 17.6. The van der Waals surface area contributed by atoms with Gasteiger partial charge in [-0.3, -0.25) is 0 Å². The highest BCUT2D eigenvalue weighted by molar-refractivity contribution is 6.30. The Morgan fingerprint density at radius 2 is 1.81 bits per heavy atom. The summed E-state index contributed by atoms with van der Waals surface area (Å²) in [4.78, 5) is 11.8. The minimum Gasteiger partial charge on any atom is -0.497 e. The molecular weight excluding hydrogens is 428 g/mol. The first kappa shape index (κ1) is 20.4. The van der Waals surface area contributed by atoms with E-state index in [1.54, 1.807) is 19.2 Å². The summed E-state index contributed by atoms with van der Waals surface area (Å²) in [6.07, 6.45) is 0.288. The van der Waals surface area contributed by atoms with Crippen LogP contribution in [0, 0.1) is 0 Å². The molecule has 7 heteroatoms. The first-order valence-corrected chi connectivity index (χ1v) is 10.6. The van der Waals surface area contributed by atoms with E-state index >= 15 is 0 Å². The minimum atomic E-state index is -0.434. The lowest BCUT2D eigenvalue weighted by Gasteiger charge is -2.38. The average molecular weight is 449 g/mol. The molecule has 0 N–H and O–H groups in total. The number of fused-ring (bicyclic) bond motifs is 3. The van der Waals surface area contributed by atoms with Crippen LogP contribution in [0.15, 0.2) is 71.8 Å². The Hall–Kier alpha value is -3.51. The summed E-state index contributed by atoms with van der Waals surface area (Å²) in [6, 6.07) is 20.8. The summed E-state index contributed by atoms with van der Waals surface area (Å²) >= 11 is 6.30. The Labute approximate surface area is 191 Å². The second kappa shape index (κ2) is 8.20. The highest BCUT2D eigenvalue weighted by Gasteiger charge is 2.41. The predicted octanol–water partition coefficient (Wildman–Crippen LogP) is 5.38. The van der Waals surface area contributed by atoms with Crippen LogP contribution in [0.1, 0.15) is 45.7 Å². The molecule has 0 aromatic heterocycles. The molecule has 0 spiro atoms. The van der Waals surface area contributed by atoms with Crippen molar-refractivity contribution in [3.05, 3.63) is 94.0 Å². The van der Waals surface area contributed by atoms with Crippen LogP contribution in [0.3, 0.4) is 0 Å². The predicted molar refractivity (Wildman–Crippen MR) is 121 cm³/mol. The van der Waals surface area contributed by atoms with E-state index in [4.69, 9.17) is 30.9 Å². The molecule has 162 valence electrons. The van der Waals surface area contributed by atoms with Crippen molar-refractivity contribution in [3.8, 4) is 11.5 Å². The van der Waals surface area contributed by atoms with Crippen molar-refractivity contribution in [2.24, 2.45) is 5.10 Å². The largest absolute Gasteiger partial charge is 0.497 e. The molecule has 2 unspecified atom stereocenters. The zero-order valence-corrected chi connectivity index (χ0v) is 18.4. The number of rotatable bonds is 4. The molecule has 6 nitrogen and oxygen atoms in total. The Morgan fingerprint density at radius 1 is 1.06 bits per heavy atom. The van der Waals surface area contributed by atoms with E-state index < -0.39 is 6.23 Å². The maximum absolute atomic E-state index is 11.8. The average Bonchev–Trinajstić information content (AvgIpc) is 3.29. The maximum Gasteiger partial charge on any atom is 0.337 e. The molecule has 32 heavy (non-hydrogen) atoms. The SMILES string of the molecule is COC(=O)c1ccc(C2Oc3ccc(Cl)cc3C3CC(c4ccc(OC)cc4)=NN32)cc1. The van der Waals surface area contributed by atoms with Gasteiger partial charge in [0.2, 0.25) is 6.23 Å². The van der Waals surface area contributed by atoms with Gasteiger partial charge in [0.25, 0.3) is 0 Å². The van der Waals surface area contributed by atoms with Gasteiger partial charge in [-0.05, 0) is 60.2 Å². The van der Waals surface area contributed by atoms with E-state index in [0.717, 1.165) is 40.3 Å². The third-order valence-corrected chi connectivity index (χ3v) is 6.03. The number of halogens is 1. The first-order valence-electron chi connectivity index (χ1n) is 10.2. The molecular formula is C25H21ClN2O4. The molecule has 0 radical (unpaired) electrons. The molecule has 3 aromatic rings. The van der Waals surface area contributed by atoms with Gasteiger partial charge in [0, 0.05) is 22.6 Å². The van der Waals surface area contributed by atoms with Gasteiger partial charge in [-0.15, -0.1) is 0 Å². The fraction of sp³-hybridized carbons (Fsp3) is 0.200. The van der Waals surface area contributed by atoms with E-state index in [0.29, 0.717) is 10.6 Å². The highest BCUT2D eigenvalue weighted by atomic mass is 35.5. The molecule has 2 atom stereocenters. The van der Waals surface area contributed by atoms with E-state index in [1.807, 2.05) is 59.6 Å². The Bertz CT molecular complexity index is 1190. The number of hydrogen-bond acceptors (Lipinski definition) is 6. The van der Waals surface area contributed by atoms with Crippen molar-refractivity contribution >= 4 is 23.3 Å². The number of hydrogen-bond donors (Lipinski definition) is 0. The van der Waals surface area contributed by atoms with Crippen LogP contribution in [-0.4, -0.2) is 30.9 Å². The number of nitrogens with zero attached hydrogens (tertiary/aromatic N) is 2. The molecule has 3 aromatic carbocycles. The number of methoxy groups -OCH3 is 2. The van der Waals surface area contributed by atoms with Gasteiger partial charge < -0.3 is 14.2 Å². The monoisotopic (exact) mass is 448 g/mol. The number of hydrazone groups is 1. The van der Waals surface area contributed by atoms with E-state index in [2.05, 4.69) is 0 Å². The van der Waals surface area contributed by atoms with Crippen LogP contribution in [0.4, 0.5) is 0 Å². The van der Waals surface area contributed by atoms with Crippen molar-refractivity contribution in [2.75, 3.05) is 14.2 Å². The Morgan fingerprint density at radius 3 is 2.50 bits per heavy atom. The number of benzene rings is 3. The van der Waals surface area contributed by atoms with Gasteiger partial charge in [0.05, 0.1) is 31.5 Å². The van der Waals surface area contributed by atoms with Crippen molar-refractivity contribution in [1.29, 1.82) is 0 Å². The van der Waals surface area contributed by atoms with Gasteiger partial charge in [0.1, 0.15) is 11.5 Å². The van der Waals surface area contributed by atoms with E-state index in [9.17, 15) is 4.79 Å². The summed E-state index contributed by atoms with van der Waals surface area (Å²) in [5, 5.41) is 7.58. The lowest BCUT2D eigenvalue weighted by molar-refractivity contribution is -0.0190. The van der Waals surface area contributed by atoms with Crippen LogP contribution in [0.2, 0.25) is 5.02 Å². The number of ether oxygens (including phenoxy) is 3. The van der Waals surface area contributed by atoms with Gasteiger partial charge in [0.15, 0.2) is 0 Å². The van der Waals surface area contributed by atoms with Crippen LogP contribution in [0.25, 0.3) is 0 Å². The molecule has 5 rings (SSSR count). The third-order valence-electron chi connectivity index (χ3n) is 5.79. The van der Waals surface area contributed by atoms with Gasteiger partial charge in [-0.2, -0.15) is 5.10 Å². The van der Waals surface area contributed by atoms with E-state index in [1.165, 1.54) is 7.11 Å². The second-order valence-corrected chi connectivity index (χ2v) is 8.08. The lowest BCUT2D eigenvalue weighted by Crippen LogP contribution is -2.33. The summed E-state index contributed by atoms with van der Waals surface area (Å²) < 4.78 is 16.4. The van der Waals surface area contributed by atoms with Crippen molar-refractivity contribution < 1.29 is 19.0 Å². The topological polar surface area (TPSA) is 60.4 Å². The summed E-state index contributed by atoms with van der Waals surface area (Å²) in [5.74, 6) is 1.21. The molecule has 0 amide bonds. The van der Waals surface area contributed by atoms with Gasteiger partial charge in [-0.25, -0.2) is 9.80 Å². The van der Waals surface area contributed by atoms with E-state index in [-0.39, 0.29) is 12.0 Å². The molecule has 2 aliphatic heterocycles. The molecule has 0 fully saturated rings. The minimum absolute atomic E-state index is 0.0140. The smallest absolute Gasteiger partial charge is 0.337 e. The molecule has 0 aliphatic carbocycles. The van der Waals surface area contributed by atoms with Crippen LogP contribution >= 0.6 is 11.6 Å². The molecule has 0 saturated carbocycles. The van der Waals surface area contributed by atoms with Gasteiger partial charge in [-0.1, -0.05) is 23.7 Å². The number of esters is 1. The molecule has 2 aliphatic rings. The quantitative estimate of drug-likeness (QED) is 0.501. The summed E-state index contributed by atoms with van der Waals surface area (Å²) in [5.41, 5.74) is 4.38. The fourth-order valence-electron chi connectivity index (χ4n) is 4.14. The summed E-state index contributed by atoms with van der Waals surface area (Å²) in [6.45, 7) is 0. The fourth-order valence-corrected chi connectivity index (χ4v) is 4.32. The van der Waals surface area contributed by atoms with Crippen molar-refractivity contribution in [3.63, 3.8) is 0 Å². The van der Waals surface area contributed by atoms with Crippen molar-refractivity contribution in [2.45, 2.75) is 18.7 Å². The van der Waals surface area contributed by atoms with Crippen LogP contribution < -0.4 is 9.47 Å². The normalized spacial score (nSPS) is 18.8. The first-order chi connectivity index (χ1) is 15.6.